The van der Waals surface area contributed by atoms with Gasteiger partial charge in [0.1, 0.15) is 17.6 Å². The van der Waals surface area contributed by atoms with Gasteiger partial charge in [-0.3, -0.25) is 4.79 Å². The van der Waals surface area contributed by atoms with E-state index in [0.29, 0.717) is 29.2 Å². The molecule has 154 valence electrons. The molecule has 0 spiro atoms. The largest absolute Gasteiger partial charge is 0.493 e. The number of esters is 1. The molecule has 0 unspecified atom stereocenters. The number of nitrogens with one attached hydrogen (secondary N) is 1. The van der Waals surface area contributed by atoms with Crippen molar-refractivity contribution in [2.24, 2.45) is 0 Å². The number of rotatable bonds is 7. The van der Waals surface area contributed by atoms with E-state index in [4.69, 9.17) is 19.5 Å². The van der Waals surface area contributed by atoms with Crippen LogP contribution in [-0.2, 0) is 20.7 Å². The second kappa shape index (κ2) is 9.61. The van der Waals surface area contributed by atoms with Crippen LogP contribution in [0.2, 0.25) is 0 Å². The number of hydrogen-bond donors (Lipinski definition) is 1. The maximum atomic E-state index is 12.0. The molecule has 0 saturated heterocycles. The molecule has 0 fully saturated rings. The molecule has 0 bridgehead atoms. The predicted octanol–water partition coefficient (Wildman–Crippen LogP) is 3.48. The second-order valence-corrected chi connectivity index (χ2v) is 6.75. The standard InChI is InChI=1S/C23H22N2O5/c1-3-28-20-12-18-9-15(2)30-21(18)11-17(20)7-8-23(27)29-14-22(26)25-19-6-4-5-16(10-19)13-24/h4-8,10-12,15H,3,9,14H2,1-2H3,(H,25,26)/b8-7+/t15-/m1/s1. The van der Waals surface area contributed by atoms with Crippen LogP contribution in [-0.4, -0.2) is 31.2 Å². The molecule has 7 nitrogen and oxygen atoms in total. The second-order valence-electron chi connectivity index (χ2n) is 6.75. The Hall–Kier alpha value is -3.79. The summed E-state index contributed by atoms with van der Waals surface area (Å²) in [5, 5.41) is 11.5. The number of hydrogen-bond acceptors (Lipinski definition) is 6. The summed E-state index contributed by atoms with van der Waals surface area (Å²) in [4.78, 5) is 24.0. The lowest BCUT2D eigenvalue weighted by atomic mass is 10.1. The minimum atomic E-state index is -0.659. The van der Waals surface area contributed by atoms with E-state index >= 15 is 0 Å². The molecule has 1 N–H and O–H groups in total. The number of amides is 1. The van der Waals surface area contributed by atoms with Gasteiger partial charge in [0.25, 0.3) is 5.91 Å². The first-order chi connectivity index (χ1) is 14.5. The smallest absolute Gasteiger partial charge is 0.331 e. The van der Waals surface area contributed by atoms with Crippen molar-refractivity contribution >= 4 is 23.6 Å². The third kappa shape index (κ3) is 5.39. The fourth-order valence-corrected chi connectivity index (χ4v) is 3.07. The van der Waals surface area contributed by atoms with Gasteiger partial charge >= 0.3 is 5.97 Å². The van der Waals surface area contributed by atoms with Crippen LogP contribution in [0.1, 0.15) is 30.5 Å². The number of nitrogens with zero attached hydrogens (tertiary/aromatic N) is 1. The molecular formula is C23H22N2O5. The van der Waals surface area contributed by atoms with Gasteiger partial charge in [-0.15, -0.1) is 0 Å². The summed E-state index contributed by atoms with van der Waals surface area (Å²) in [6, 6.07) is 12.2. The summed E-state index contributed by atoms with van der Waals surface area (Å²) in [6.45, 7) is 3.94. The van der Waals surface area contributed by atoms with Gasteiger partial charge in [0.05, 0.1) is 18.2 Å². The first-order valence-corrected chi connectivity index (χ1v) is 9.59. The van der Waals surface area contributed by atoms with Gasteiger partial charge in [0.2, 0.25) is 0 Å². The third-order valence-corrected chi connectivity index (χ3v) is 4.35. The van der Waals surface area contributed by atoms with Crippen molar-refractivity contribution in [3.8, 4) is 17.6 Å². The van der Waals surface area contributed by atoms with Crippen molar-refractivity contribution in [2.75, 3.05) is 18.5 Å². The third-order valence-electron chi connectivity index (χ3n) is 4.35. The summed E-state index contributed by atoms with van der Waals surface area (Å²) in [7, 11) is 0. The molecule has 30 heavy (non-hydrogen) atoms. The van der Waals surface area contributed by atoms with Gasteiger partial charge in [0, 0.05) is 29.3 Å². The molecule has 1 aliphatic heterocycles. The Morgan fingerprint density at radius 1 is 1.33 bits per heavy atom. The lowest BCUT2D eigenvalue weighted by Gasteiger charge is -2.10. The molecule has 3 rings (SSSR count). The van der Waals surface area contributed by atoms with Gasteiger partial charge in [-0.2, -0.15) is 5.26 Å². The zero-order valence-electron chi connectivity index (χ0n) is 16.8. The number of nitriles is 1. The molecule has 1 heterocycles. The lowest BCUT2D eigenvalue weighted by Crippen LogP contribution is -2.20. The fourth-order valence-electron chi connectivity index (χ4n) is 3.07. The van der Waals surface area contributed by atoms with E-state index in [0.717, 1.165) is 17.7 Å². The van der Waals surface area contributed by atoms with E-state index in [1.165, 1.54) is 12.1 Å². The van der Waals surface area contributed by atoms with E-state index < -0.39 is 18.5 Å². The molecule has 1 atom stereocenters. The summed E-state index contributed by atoms with van der Waals surface area (Å²) in [6.07, 6.45) is 3.74. The number of anilines is 1. The van der Waals surface area contributed by atoms with Crippen molar-refractivity contribution < 1.29 is 23.8 Å². The van der Waals surface area contributed by atoms with Crippen LogP contribution in [0.4, 0.5) is 5.69 Å². The Kier molecular flexibility index (Phi) is 6.71. The highest BCUT2D eigenvalue weighted by atomic mass is 16.5. The normalized spacial score (nSPS) is 14.5. The minimum absolute atomic E-state index is 0.103. The highest BCUT2D eigenvalue weighted by molar-refractivity contribution is 5.94. The number of carbonyl (C=O) groups is 2. The monoisotopic (exact) mass is 406 g/mol. The van der Waals surface area contributed by atoms with E-state index in [-0.39, 0.29) is 6.10 Å². The van der Waals surface area contributed by atoms with E-state index in [2.05, 4.69) is 5.32 Å². The molecule has 0 aromatic heterocycles. The van der Waals surface area contributed by atoms with Crippen LogP contribution in [0.15, 0.2) is 42.5 Å². The Morgan fingerprint density at radius 2 is 2.17 bits per heavy atom. The van der Waals surface area contributed by atoms with Gasteiger partial charge in [0.15, 0.2) is 6.61 Å². The summed E-state index contributed by atoms with van der Waals surface area (Å²) in [5.41, 5.74) is 2.65. The topological polar surface area (TPSA) is 97.6 Å². The first kappa shape index (κ1) is 20.9. The first-order valence-electron chi connectivity index (χ1n) is 9.59. The van der Waals surface area contributed by atoms with Gasteiger partial charge in [-0.1, -0.05) is 6.07 Å². The molecule has 2 aromatic rings. The van der Waals surface area contributed by atoms with Crippen LogP contribution in [0.25, 0.3) is 6.08 Å². The number of fused-ring (bicyclic) bond motifs is 1. The van der Waals surface area contributed by atoms with Crippen LogP contribution in [0.5, 0.6) is 11.5 Å². The van der Waals surface area contributed by atoms with Crippen LogP contribution < -0.4 is 14.8 Å². The predicted molar refractivity (Wildman–Crippen MR) is 111 cm³/mol. The summed E-state index contributed by atoms with van der Waals surface area (Å²) >= 11 is 0. The summed E-state index contributed by atoms with van der Waals surface area (Å²) in [5.74, 6) is 0.279. The molecule has 1 aliphatic rings. The van der Waals surface area contributed by atoms with Gasteiger partial charge < -0.3 is 19.5 Å². The molecule has 1 amide bonds. The molecule has 2 aromatic carbocycles. The lowest BCUT2D eigenvalue weighted by molar-refractivity contribution is -0.142. The average Bonchev–Trinajstić information content (AvgIpc) is 3.09. The van der Waals surface area contributed by atoms with E-state index in [1.54, 1.807) is 24.3 Å². The Bertz CT molecular complexity index is 1020. The van der Waals surface area contributed by atoms with Crippen molar-refractivity contribution in [3.05, 3.63) is 59.2 Å². The zero-order valence-corrected chi connectivity index (χ0v) is 16.8. The van der Waals surface area contributed by atoms with Gasteiger partial charge in [-0.05, 0) is 50.3 Å². The maximum absolute atomic E-state index is 12.0. The van der Waals surface area contributed by atoms with Crippen LogP contribution in [0.3, 0.4) is 0 Å². The zero-order chi connectivity index (χ0) is 21.5. The van der Waals surface area contributed by atoms with Crippen molar-refractivity contribution in [1.29, 1.82) is 5.26 Å². The Labute approximate surface area is 174 Å². The van der Waals surface area contributed by atoms with Crippen LogP contribution >= 0.6 is 0 Å². The molecular weight excluding hydrogens is 384 g/mol. The highest BCUT2D eigenvalue weighted by Gasteiger charge is 2.21. The number of carbonyl (C=O) groups excluding carboxylic acids is 2. The summed E-state index contributed by atoms with van der Waals surface area (Å²) < 4.78 is 16.4. The van der Waals surface area contributed by atoms with E-state index in [1.807, 2.05) is 32.0 Å². The minimum Gasteiger partial charge on any atom is -0.493 e. The van der Waals surface area contributed by atoms with E-state index in [9.17, 15) is 9.59 Å². The quantitative estimate of drug-likeness (QED) is 0.558. The average molecular weight is 406 g/mol. The Morgan fingerprint density at radius 3 is 2.93 bits per heavy atom. The van der Waals surface area contributed by atoms with Crippen molar-refractivity contribution in [2.45, 2.75) is 26.4 Å². The maximum Gasteiger partial charge on any atom is 0.331 e. The van der Waals surface area contributed by atoms with Gasteiger partial charge in [-0.25, -0.2) is 4.79 Å². The Balaban J connectivity index is 1.58. The SMILES string of the molecule is CCOc1cc2c(cc1/C=C/C(=O)OCC(=O)Nc1cccc(C#N)c1)O[C@H](C)C2. The molecule has 0 radical (unpaired) electrons. The fraction of sp³-hybridized carbons (Fsp3) is 0.261. The van der Waals surface area contributed by atoms with Crippen molar-refractivity contribution in [3.63, 3.8) is 0 Å². The van der Waals surface area contributed by atoms with Crippen molar-refractivity contribution in [1.82, 2.24) is 0 Å². The van der Waals surface area contributed by atoms with Crippen LogP contribution in [0, 0.1) is 11.3 Å². The molecule has 7 heteroatoms. The molecule has 0 saturated carbocycles. The number of ether oxygens (including phenoxy) is 3. The number of benzene rings is 2. The highest BCUT2D eigenvalue weighted by Crippen LogP contribution is 2.35. The molecule has 0 aliphatic carbocycles.